The minimum Gasteiger partial charge on any atom is -0.399 e. The first-order chi connectivity index (χ1) is 9.63. The van der Waals surface area contributed by atoms with E-state index in [1.165, 1.54) is 0 Å². The number of benzene rings is 2. The highest BCUT2D eigenvalue weighted by atomic mass is 16.1. The van der Waals surface area contributed by atoms with Crippen LogP contribution < -0.4 is 11.1 Å². The zero-order valence-electron chi connectivity index (χ0n) is 11.0. The van der Waals surface area contributed by atoms with Gasteiger partial charge in [-0.25, -0.2) is 4.98 Å². The van der Waals surface area contributed by atoms with Gasteiger partial charge in [0.15, 0.2) is 0 Å². The maximum absolute atomic E-state index is 12.2. The number of imidazole rings is 1. The number of H-pyrrole nitrogens is 1. The molecule has 2 aromatic carbocycles. The number of carbonyl (C=O) groups is 1. The van der Waals surface area contributed by atoms with Crippen LogP contribution in [0.4, 0.5) is 11.6 Å². The number of hydrogen-bond donors (Lipinski definition) is 3. The van der Waals surface area contributed by atoms with Crippen LogP contribution in [-0.2, 0) is 0 Å². The van der Waals surface area contributed by atoms with Crippen molar-refractivity contribution in [2.45, 2.75) is 6.92 Å². The quantitative estimate of drug-likeness (QED) is 0.623. The fraction of sp³-hybridized carbons (Fsp3) is 0.0667. The Morgan fingerprint density at radius 1 is 1.25 bits per heavy atom. The Kier molecular flexibility index (Phi) is 2.87. The molecule has 3 rings (SSSR count). The molecular formula is C15H14N4O. The van der Waals surface area contributed by atoms with E-state index in [1.807, 2.05) is 37.3 Å². The number of fused-ring (bicyclic) bond motifs is 1. The van der Waals surface area contributed by atoms with Gasteiger partial charge in [-0.3, -0.25) is 10.1 Å². The maximum atomic E-state index is 12.2. The van der Waals surface area contributed by atoms with Gasteiger partial charge in [0.1, 0.15) is 0 Å². The smallest absolute Gasteiger partial charge is 0.258 e. The molecule has 0 atom stereocenters. The molecule has 0 saturated carbocycles. The lowest BCUT2D eigenvalue weighted by atomic mass is 10.1. The van der Waals surface area contributed by atoms with Crippen molar-refractivity contribution in [3.63, 3.8) is 0 Å². The lowest BCUT2D eigenvalue weighted by Gasteiger charge is -2.06. The van der Waals surface area contributed by atoms with E-state index in [9.17, 15) is 4.79 Å². The van der Waals surface area contributed by atoms with Crippen molar-refractivity contribution in [2.75, 3.05) is 11.1 Å². The van der Waals surface area contributed by atoms with Crippen LogP contribution >= 0.6 is 0 Å². The maximum Gasteiger partial charge on any atom is 0.258 e. The SMILES string of the molecule is Cc1ccc(N)cc1C(=O)Nc1nc2ccccc2[nH]1. The number of carbonyl (C=O) groups excluding carboxylic acids is 1. The average Bonchev–Trinajstić information content (AvgIpc) is 2.83. The van der Waals surface area contributed by atoms with E-state index < -0.39 is 0 Å². The molecule has 1 amide bonds. The van der Waals surface area contributed by atoms with Crippen LogP contribution in [0.3, 0.4) is 0 Å². The van der Waals surface area contributed by atoms with Crippen molar-refractivity contribution in [3.05, 3.63) is 53.6 Å². The Bertz CT molecular complexity index is 758. The van der Waals surface area contributed by atoms with Gasteiger partial charge in [0.2, 0.25) is 5.95 Å². The van der Waals surface area contributed by atoms with Crippen LogP contribution in [0.1, 0.15) is 15.9 Å². The first-order valence-corrected chi connectivity index (χ1v) is 6.26. The van der Waals surface area contributed by atoms with Crippen LogP contribution in [0, 0.1) is 6.92 Å². The Morgan fingerprint density at radius 2 is 2.05 bits per heavy atom. The van der Waals surface area contributed by atoms with Crippen molar-refractivity contribution in [2.24, 2.45) is 0 Å². The second kappa shape index (κ2) is 4.70. The highest BCUT2D eigenvalue weighted by Gasteiger charge is 2.11. The molecule has 5 nitrogen and oxygen atoms in total. The van der Waals surface area contributed by atoms with Crippen LogP contribution in [0.2, 0.25) is 0 Å². The number of aryl methyl sites for hydroxylation is 1. The summed E-state index contributed by atoms with van der Waals surface area (Å²) in [5.74, 6) is 0.201. The van der Waals surface area contributed by atoms with E-state index in [0.717, 1.165) is 16.6 Å². The fourth-order valence-corrected chi connectivity index (χ4v) is 2.07. The monoisotopic (exact) mass is 266 g/mol. The number of aromatic nitrogens is 2. The second-order valence-corrected chi connectivity index (χ2v) is 4.63. The van der Waals surface area contributed by atoms with E-state index in [0.29, 0.717) is 17.2 Å². The molecule has 0 spiro atoms. The van der Waals surface area contributed by atoms with Gasteiger partial charge in [0.05, 0.1) is 11.0 Å². The summed E-state index contributed by atoms with van der Waals surface area (Å²) in [4.78, 5) is 19.6. The highest BCUT2D eigenvalue weighted by Crippen LogP contribution is 2.16. The number of nitrogens with two attached hydrogens (primary N) is 1. The molecule has 0 fully saturated rings. The van der Waals surface area contributed by atoms with Crippen molar-refractivity contribution in [1.29, 1.82) is 0 Å². The lowest BCUT2D eigenvalue weighted by Crippen LogP contribution is -2.14. The standard InChI is InChI=1S/C15H14N4O/c1-9-6-7-10(16)8-11(9)14(20)19-15-17-12-4-2-3-5-13(12)18-15/h2-8H,16H2,1H3,(H2,17,18,19,20). The van der Waals surface area contributed by atoms with Crippen molar-refractivity contribution < 1.29 is 4.79 Å². The largest absolute Gasteiger partial charge is 0.399 e. The summed E-state index contributed by atoms with van der Waals surface area (Å²) in [6.45, 7) is 1.87. The van der Waals surface area contributed by atoms with Crippen LogP contribution in [0.25, 0.3) is 11.0 Å². The van der Waals surface area contributed by atoms with Crippen LogP contribution in [0.5, 0.6) is 0 Å². The summed E-state index contributed by atoms with van der Waals surface area (Å²) < 4.78 is 0. The Balaban J connectivity index is 1.90. The minimum atomic E-state index is -0.228. The molecule has 0 aliphatic rings. The summed E-state index contributed by atoms with van der Waals surface area (Å²) in [7, 11) is 0. The number of rotatable bonds is 2. The van der Waals surface area contributed by atoms with Gasteiger partial charge in [0, 0.05) is 11.3 Å². The van der Waals surface area contributed by atoms with E-state index in [-0.39, 0.29) is 5.91 Å². The van der Waals surface area contributed by atoms with E-state index in [1.54, 1.807) is 12.1 Å². The molecule has 0 radical (unpaired) electrons. The molecule has 100 valence electrons. The molecule has 0 aliphatic carbocycles. The van der Waals surface area contributed by atoms with Gasteiger partial charge in [-0.1, -0.05) is 18.2 Å². The van der Waals surface area contributed by atoms with E-state index in [2.05, 4.69) is 15.3 Å². The topological polar surface area (TPSA) is 83.8 Å². The third-order valence-electron chi connectivity index (χ3n) is 3.13. The Labute approximate surface area is 115 Å². The molecular weight excluding hydrogens is 252 g/mol. The minimum absolute atomic E-state index is 0.228. The molecule has 1 aromatic heterocycles. The first-order valence-electron chi connectivity index (χ1n) is 6.26. The third kappa shape index (κ3) is 2.21. The van der Waals surface area contributed by atoms with Gasteiger partial charge in [-0.05, 0) is 36.8 Å². The van der Waals surface area contributed by atoms with Crippen LogP contribution in [0.15, 0.2) is 42.5 Å². The van der Waals surface area contributed by atoms with Gasteiger partial charge >= 0.3 is 0 Å². The summed E-state index contributed by atoms with van der Waals surface area (Å²) in [6.07, 6.45) is 0. The van der Waals surface area contributed by atoms with Gasteiger partial charge in [-0.2, -0.15) is 0 Å². The molecule has 3 aromatic rings. The number of amides is 1. The molecule has 0 saturated heterocycles. The molecule has 5 heteroatoms. The van der Waals surface area contributed by atoms with E-state index >= 15 is 0 Å². The number of anilines is 2. The predicted octanol–water partition coefficient (Wildman–Crippen LogP) is 2.71. The predicted molar refractivity (Wildman–Crippen MR) is 79.6 cm³/mol. The number of para-hydroxylation sites is 2. The highest BCUT2D eigenvalue weighted by molar-refractivity contribution is 6.05. The number of nitrogens with one attached hydrogen (secondary N) is 2. The van der Waals surface area contributed by atoms with Gasteiger partial charge in [-0.15, -0.1) is 0 Å². The average molecular weight is 266 g/mol. The zero-order valence-corrected chi connectivity index (χ0v) is 11.0. The van der Waals surface area contributed by atoms with Crippen molar-refractivity contribution >= 4 is 28.6 Å². The molecule has 0 bridgehead atoms. The second-order valence-electron chi connectivity index (χ2n) is 4.63. The Morgan fingerprint density at radius 3 is 2.85 bits per heavy atom. The van der Waals surface area contributed by atoms with Gasteiger partial charge < -0.3 is 10.7 Å². The number of nitrogens with zero attached hydrogens (tertiary/aromatic N) is 1. The lowest BCUT2D eigenvalue weighted by molar-refractivity contribution is 0.102. The zero-order chi connectivity index (χ0) is 14.1. The number of nitrogen functional groups attached to an aromatic ring is 1. The molecule has 0 aliphatic heterocycles. The third-order valence-corrected chi connectivity index (χ3v) is 3.13. The van der Waals surface area contributed by atoms with E-state index in [4.69, 9.17) is 5.73 Å². The molecule has 1 heterocycles. The first kappa shape index (κ1) is 12.2. The summed E-state index contributed by atoms with van der Waals surface area (Å²) in [5, 5.41) is 2.75. The molecule has 4 N–H and O–H groups in total. The van der Waals surface area contributed by atoms with Crippen molar-refractivity contribution in [1.82, 2.24) is 9.97 Å². The summed E-state index contributed by atoms with van der Waals surface area (Å²) in [5.41, 5.74) is 9.39. The Hall–Kier alpha value is -2.82. The van der Waals surface area contributed by atoms with Crippen molar-refractivity contribution in [3.8, 4) is 0 Å². The number of aromatic amines is 1. The molecule has 0 unspecified atom stereocenters. The molecule has 20 heavy (non-hydrogen) atoms. The summed E-state index contributed by atoms with van der Waals surface area (Å²) in [6, 6.07) is 12.9. The fourth-order valence-electron chi connectivity index (χ4n) is 2.07. The van der Waals surface area contributed by atoms with Gasteiger partial charge in [0.25, 0.3) is 5.91 Å². The summed E-state index contributed by atoms with van der Waals surface area (Å²) >= 11 is 0. The normalized spacial score (nSPS) is 10.7. The number of hydrogen-bond acceptors (Lipinski definition) is 3. The van der Waals surface area contributed by atoms with Crippen LogP contribution in [-0.4, -0.2) is 15.9 Å².